The summed E-state index contributed by atoms with van der Waals surface area (Å²) in [5.41, 5.74) is 9.30. The highest BCUT2D eigenvalue weighted by Crippen LogP contribution is 2.39. The lowest BCUT2D eigenvalue weighted by atomic mass is 9.74. The van der Waals surface area contributed by atoms with Crippen LogP contribution in [0.2, 0.25) is 0 Å². The normalized spacial score (nSPS) is 20.9. The maximum atomic E-state index is 6.30. The molecule has 2 N–H and O–H groups in total. The van der Waals surface area contributed by atoms with Crippen LogP contribution in [0.25, 0.3) is 0 Å². The molecule has 0 amide bonds. The number of fused-ring (bicyclic) bond motifs is 1. The summed E-state index contributed by atoms with van der Waals surface area (Å²) in [6, 6.07) is 2.35. The van der Waals surface area contributed by atoms with Crippen LogP contribution in [0.3, 0.4) is 0 Å². The number of aryl methyl sites for hydroxylation is 3. The Labute approximate surface area is 119 Å². The SMILES string of the molecule is Cn1cnc(CCn2ccc3c2CC(C)(C)CC3N)n1. The summed E-state index contributed by atoms with van der Waals surface area (Å²) in [5.74, 6) is 0.898. The molecule has 0 fully saturated rings. The second-order valence-electron chi connectivity index (χ2n) is 6.65. The molecular formula is C15H23N5. The highest BCUT2D eigenvalue weighted by Gasteiger charge is 2.32. The fourth-order valence-corrected chi connectivity index (χ4v) is 3.22. The molecule has 2 aromatic rings. The van der Waals surface area contributed by atoms with Crippen molar-refractivity contribution in [3.63, 3.8) is 0 Å². The topological polar surface area (TPSA) is 61.7 Å². The van der Waals surface area contributed by atoms with Gasteiger partial charge in [-0.2, -0.15) is 5.10 Å². The van der Waals surface area contributed by atoms with E-state index in [-0.39, 0.29) is 11.5 Å². The third-order valence-electron chi connectivity index (χ3n) is 4.16. The molecule has 1 aliphatic rings. The predicted molar refractivity (Wildman–Crippen MR) is 78.2 cm³/mol. The molecule has 2 aromatic heterocycles. The standard InChI is InChI=1S/C15H23N5/c1-15(2)8-12(16)11-4-6-20(13(11)9-15)7-5-14-17-10-19(3)18-14/h4,6,10,12H,5,7-9,16H2,1-3H3. The molecule has 0 saturated heterocycles. The van der Waals surface area contributed by atoms with Gasteiger partial charge in [0.05, 0.1) is 0 Å². The van der Waals surface area contributed by atoms with E-state index in [2.05, 4.69) is 40.8 Å². The fourth-order valence-electron chi connectivity index (χ4n) is 3.22. The molecule has 108 valence electrons. The molecule has 0 spiro atoms. The number of hydrogen-bond acceptors (Lipinski definition) is 3. The van der Waals surface area contributed by atoms with Crippen LogP contribution in [0.1, 0.15) is 43.4 Å². The van der Waals surface area contributed by atoms with Crippen LogP contribution >= 0.6 is 0 Å². The van der Waals surface area contributed by atoms with E-state index in [1.165, 1.54) is 11.3 Å². The minimum atomic E-state index is 0.169. The summed E-state index contributed by atoms with van der Waals surface area (Å²) in [5, 5.41) is 4.33. The Morgan fingerprint density at radius 3 is 2.95 bits per heavy atom. The van der Waals surface area contributed by atoms with Gasteiger partial charge in [0.15, 0.2) is 5.82 Å². The zero-order valence-electron chi connectivity index (χ0n) is 12.5. The average Bonchev–Trinajstić information content (AvgIpc) is 2.92. The molecule has 3 rings (SSSR count). The van der Waals surface area contributed by atoms with Crippen molar-refractivity contribution in [2.45, 2.75) is 45.7 Å². The van der Waals surface area contributed by atoms with Crippen molar-refractivity contribution in [1.82, 2.24) is 19.3 Å². The Balaban J connectivity index is 1.78. The molecule has 1 aliphatic carbocycles. The Morgan fingerprint density at radius 1 is 1.45 bits per heavy atom. The van der Waals surface area contributed by atoms with Gasteiger partial charge in [-0.3, -0.25) is 4.68 Å². The van der Waals surface area contributed by atoms with E-state index in [0.717, 1.165) is 31.6 Å². The molecule has 0 bridgehead atoms. The molecule has 0 radical (unpaired) electrons. The van der Waals surface area contributed by atoms with E-state index in [1.807, 2.05) is 7.05 Å². The molecule has 0 aromatic carbocycles. The minimum absolute atomic E-state index is 0.169. The van der Waals surface area contributed by atoms with Crippen molar-refractivity contribution in [2.24, 2.45) is 18.2 Å². The van der Waals surface area contributed by atoms with Crippen molar-refractivity contribution in [3.8, 4) is 0 Å². The van der Waals surface area contributed by atoms with Crippen LogP contribution in [-0.2, 0) is 26.4 Å². The number of nitrogens with two attached hydrogens (primary N) is 1. The quantitative estimate of drug-likeness (QED) is 0.928. The summed E-state index contributed by atoms with van der Waals surface area (Å²) < 4.78 is 4.08. The van der Waals surface area contributed by atoms with Crippen LogP contribution in [0.15, 0.2) is 18.6 Å². The zero-order chi connectivity index (χ0) is 14.3. The van der Waals surface area contributed by atoms with E-state index >= 15 is 0 Å². The molecule has 0 aliphatic heterocycles. The predicted octanol–water partition coefficient (Wildman–Crippen LogP) is 1.83. The zero-order valence-corrected chi connectivity index (χ0v) is 12.5. The highest BCUT2D eigenvalue weighted by molar-refractivity contribution is 5.30. The Bertz CT molecular complexity index is 608. The van der Waals surface area contributed by atoms with Crippen LogP contribution in [-0.4, -0.2) is 19.3 Å². The van der Waals surface area contributed by atoms with Gasteiger partial charge in [0.1, 0.15) is 6.33 Å². The first-order chi connectivity index (χ1) is 9.44. The minimum Gasteiger partial charge on any atom is -0.351 e. The second-order valence-corrected chi connectivity index (χ2v) is 6.65. The van der Waals surface area contributed by atoms with Crippen LogP contribution < -0.4 is 5.73 Å². The summed E-state index contributed by atoms with van der Waals surface area (Å²) in [4.78, 5) is 4.28. The van der Waals surface area contributed by atoms with Gasteiger partial charge in [-0.15, -0.1) is 0 Å². The molecular weight excluding hydrogens is 250 g/mol. The lowest BCUT2D eigenvalue weighted by Crippen LogP contribution is -2.30. The van der Waals surface area contributed by atoms with E-state index in [0.29, 0.717) is 0 Å². The fraction of sp³-hybridized carbons (Fsp3) is 0.600. The highest BCUT2D eigenvalue weighted by atomic mass is 15.3. The van der Waals surface area contributed by atoms with Crippen molar-refractivity contribution in [2.75, 3.05) is 0 Å². The molecule has 1 unspecified atom stereocenters. The van der Waals surface area contributed by atoms with Crippen molar-refractivity contribution >= 4 is 0 Å². The summed E-state index contributed by atoms with van der Waals surface area (Å²) >= 11 is 0. The molecule has 0 saturated carbocycles. The molecule has 5 heteroatoms. The Hall–Kier alpha value is -1.62. The second kappa shape index (κ2) is 4.74. The monoisotopic (exact) mass is 273 g/mol. The van der Waals surface area contributed by atoms with Crippen molar-refractivity contribution in [1.29, 1.82) is 0 Å². The smallest absolute Gasteiger partial charge is 0.152 e. The van der Waals surface area contributed by atoms with Gasteiger partial charge >= 0.3 is 0 Å². The first-order valence-electron chi connectivity index (χ1n) is 7.23. The molecule has 2 heterocycles. The van der Waals surface area contributed by atoms with Gasteiger partial charge in [-0.1, -0.05) is 13.8 Å². The van der Waals surface area contributed by atoms with Gasteiger partial charge in [0, 0.05) is 37.9 Å². The summed E-state index contributed by atoms with van der Waals surface area (Å²) in [6.07, 6.45) is 6.93. The first-order valence-corrected chi connectivity index (χ1v) is 7.23. The molecule has 5 nitrogen and oxygen atoms in total. The van der Waals surface area contributed by atoms with Gasteiger partial charge in [-0.05, 0) is 29.9 Å². The number of hydrogen-bond donors (Lipinski definition) is 1. The lowest BCUT2D eigenvalue weighted by Gasteiger charge is -2.34. The van der Waals surface area contributed by atoms with Crippen molar-refractivity contribution < 1.29 is 0 Å². The van der Waals surface area contributed by atoms with Gasteiger partial charge in [0.2, 0.25) is 0 Å². The van der Waals surface area contributed by atoms with E-state index in [1.54, 1.807) is 11.0 Å². The lowest BCUT2D eigenvalue weighted by molar-refractivity contribution is 0.275. The van der Waals surface area contributed by atoms with E-state index < -0.39 is 0 Å². The van der Waals surface area contributed by atoms with Gasteiger partial charge in [0.25, 0.3) is 0 Å². The molecule has 20 heavy (non-hydrogen) atoms. The van der Waals surface area contributed by atoms with E-state index in [4.69, 9.17) is 5.73 Å². The maximum absolute atomic E-state index is 6.30. The molecule has 1 atom stereocenters. The Morgan fingerprint density at radius 2 is 2.25 bits per heavy atom. The third-order valence-corrected chi connectivity index (χ3v) is 4.16. The van der Waals surface area contributed by atoms with Gasteiger partial charge < -0.3 is 10.3 Å². The van der Waals surface area contributed by atoms with Crippen molar-refractivity contribution in [3.05, 3.63) is 35.7 Å². The summed E-state index contributed by atoms with van der Waals surface area (Å²) in [7, 11) is 1.90. The van der Waals surface area contributed by atoms with Gasteiger partial charge in [-0.25, -0.2) is 4.98 Å². The van der Waals surface area contributed by atoms with E-state index in [9.17, 15) is 0 Å². The largest absolute Gasteiger partial charge is 0.351 e. The van der Waals surface area contributed by atoms with Crippen LogP contribution in [0, 0.1) is 5.41 Å². The van der Waals surface area contributed by atoms with Crippen LogP contribution in [0.4, 0.5) is 0 Å². The first kappa shape index (κ1) is 13.4. The van der Waals surface area contributed by atoms with Crippen LogP contribution in [0.5, 0.6) is 0 Å². The average molecular weight is 273 g/mol. The number of aromatic nitrogens is 4. The number of nitrogens with zero attached hydrogens (tertiary/aromatic N) is 4. The maximum Gasteiger partial charge on any atom is 0.152 e. The Kier molecular flexibility index (Phi) is 3.17. The summed E-state index contributed by atoms with van der Waals surface area (Å²) in [6.45, 7) is 5.52. The number of rotatable bonds is 3. The third kappa shape index (κ3) is 2.50.